The lowest BCUT2D eigenvalue weighted by molar-refractivity contribution is -0.153. The third-order valence-corrected chi connectivity index (χ3v) is 2.02. The molecule has 0 aliphatic rings. The number of aliphatic hydroxyl groups is 1. The van der Waals surface area contributed by atoms with Crippen LogP contribution in [0.15, 0.2) is 24.3 Å². The molecule has 6 nitrogen and oxygen atoms in total. The number of ether oxygens (including phenoxy) is 1. The summed E-state index contributed by atoms with van der Waals surface area (Å²) in [6.45, 7) is 1.81. The number of urea groups is 1. The highest BCUT2D eigenvalue weighted by Gasteiger charge is 2.21. The van der Waals surface area contributed by atoms with Crippen molar-refractivity contribution in [2.45, 2.75) is 13.0 Å². The average molecular weight is 238 g/mol. The van der Waals surface area contributed by atoms with Crippen molar-refractivity contribution in [1.29, 1.82) is 0 Å². The van der Waals surface area contributed by atoms with Crippen LogP contribution in [0.4, 0.5) is 10.5 Å². The molecular weight excluding hydrogens is 224 g/mol. The van der Waals surface area contributed by atoms with Crippen LogP contribution in [0.25, 0.3) is 0 Å². The highest BCUT2D eigenvalue weighted by Crippen LogP contribution is 2.23. The van der Waals surface area contributed by atoms with E-state index in [0.29, 0.717) is 0 Å². The molecule has 0 bridgehead atoms. The second kappa shape index (κ2) is 5.86. The SMILES string of the molecule is CCOC(=O)C(O)c1ccccc1NC(N)=O. The van der Waals surface area contributed by atoms with E-state index in [-0.39, 0.29) is 17.9 Å². The molecule has 0 aliphatic heterocycles. The lowest BCUT2D eigenvalue weighted by Gasteiger charge is -2.14. The molecule has 0 saturated carbocycles. The normalized spacial score (nSPS) is 11.6. The van der Waals surface area contributed by atoms with E-state index in [1.807, 2.05) is 0 Å². The minimum Gasteiger partial charge on any atom is -0.464 e. The Balaban J connectivity index is 2.95. The van der Waals surface area contributed by atoms with Crippen molar-refractivity contribution in [2.24, 2.45) is 5.73 Å². The van der Waals surface area contributed by atoms with Crippen LogP contribution in [0, 0.1) is 0 Å². The molecule has 17 heavy (non-hydrogen) atoms. The van der Waals surface area contributed by atoms with Gasteiger partial charge < -0.3 is 20.9 Å². The number of carbonyl (C=O) groups excluding carboxylic acids is 2. The van der Waals surface area contributed by atoms with Crippen LogP contribution in [0.3, 0.4) is 0 Å². The molecule has 1 unspecified atom stereocenters. The predicted molar refractivity (Wildman–Crippen MR) is 61.2 cm³/mol. The summed E-state index contributed by atoms with van der Waals surface area (Å²) in [5.41, 5.74) is 5.50. The number of aliphatic hydroxyl groups excluding tert-OH is 1. The third-order valence-electron chi connectivity index (χ3n) is 2.02. The number of hydrogen-bond donors (Lipinski definition) is 3. The van der Waals surface area contributed by atoms with Gasteiger partial charge in [0.25, 0.3) is 0 Å². The Morgan fingerprint density at radius 1 is 1.47 bits per heavy atom. The first-order valence-corrected chi connectivity index (χ1v) is 5.06. The number of para-hydroxylation sites is 1. The maximum absolute atomic E-state index is 11.4. The van der Waals surface area contributed by atoms with E-state index in [4.69, 9.17) is 5.73 Å². The van der Waals surface area contributed by atoms with Gasteiger partial charge in [0.05, 0.1) is 6.61 Å². The van der Waals surface area contributed by atoms with Crippen molar-refractivity contribution in [3.05, 3.63) is 29.8 Å². The number of amides is 2. The molecule has 0 heterocycles. The molecule has 0 aromatic heterocycles. The standard InChI is InChI=1S/C11H14N2O4/c1-2-17-10(15)9(14)7-5-3-4-6-8(7)13-11(12)16/h3-6,9,14H,2H2,1H3,(H3,12,13,16). The molecule has 1 rings (SSSR count). The smallest absolute Gasteiger partial charge is 0.339 e. The monoisotopic (exact) mass is 238 g/mol. The van der Waals surface area contributed by atoms with Gasteiger partial charge in [0.2, 0.25) is 0 Å². The molecule has 2 amide bonds. The molecule has 0 radical (unpaired) electrons. The summed E-state index contributed by atoms with van der Waals surface area (Å²) in [4.78, 5) is 22.1. The molecule has 0 spiro atoms. The van der Waals surface area contributed by atoms with Crippen LogP contribution in [0.1, 0.15) is 18.6 Å². The highest BCUT2D eigenvalue weighted by atomic mass is 16.5. The second-order valence-corrected chi connectivity index (χ2v) is 3.23. The molecule has 1 aromatic rings. The Kier molecular flexibility index (Phi) is 4.47. The van der Waals surface area contributed by atoms with E-state index in [0.717, 1.165) is 0 Å². The maximum atomic E-state index is 11.4. The fourth-order valence-electron chi connectivity index (χ4n) is 1.33. The number of primary amides is 1. The fourth-order valence-corrected chi connectivity index (χ4v) is 1.33. The van der Waals surface area contributed by atoms with Crippen LogP contribution < -0.4 is 11.1 Å². The van der Waals surface area contributed by atoms with E-state index in [1.165, 1.54) is 12.1 Å². The predicted octanol–water partition coefficient (Wildman–Crippen LogP) is 0.774. The quantitative estimate of drug-likeness (QED) is 0.674. The molecule has 6 heteroatoms. The minimum absolute atomic E-state index is 0.168. The number of benzene rings is 1. The van der Waals surface area contributed by atoms with Crippen molar-refractivity contribution >= 4 is 17.7 Å². The maximum Gasteiger partial charge on any atom is 0.339 e. The van der Waals surface area contributed by atoms with Gasteiger partial charge in [-0.2, -0.15) is 0 Å². The lowest BCUT2D eigenvalue weighted by Crippen LogP contribution is -2.22. The van der Waals surface area contributed by atoms with Crippen LogP contribution in [-0.2, 0) is 9.53 Å². The Labute approximate surface area is 98.4 Å². The fraction of sp³-hybridized carbons (Fsp3) is 0.273. The number of nitrogens with two attached hydrogens (primary N) is 1. The zero-order valence-corrected chi connectivity index (χ0v) is 9.34. The van der Waals surface area contributed by atoms with Gasteiger partial charge in [-0.15, -0.1) is 0 Å². The average Bonchev–Trinajstić information content (AvgIpc) is 2.28. The lowest BCUT2D eigenvalue weighted by atomic mass is 10.1. The minimum atomic E-state index is -1.45. The Bertz CT molecular complexity index is 420. The number of rotatable bonds is 4. The van der Waals surface area contributed by atoms with Gasteiger partial charge in [-0.3, -0.25) is 0 Å². The number of esters is 1. The second-order valence-electron chi connectivity index (χ2n) is 3.23. The zero-order chi connectivity index (χ0) is 12.8. The van der Waals surface area contributed by atoms with Gasteiger partial charge in [-0.1, -0.05) is 18.2 Å². The summed E-state index contributed by atoms with van der Waals surface area (Å²) < 4.78 is 4.69. The van der Waals surface area contributed by atoms with Crippen molar-refractivity contribution < 1.29 is 19.4 Å². The van der Waals surface area contributed by atoms with E-state index in [2.05, 4.69) is 10.1 Å². The van der Waals surface area contributed by atoms with Crippen molar-refractivity contribution in [3.8, 4) is 0 Å². The van der Waals surface area contributed by atoms with Gasteiger partial charge in [-0.25, -0.2) is 9.59 Å². The van der Waals surface area contributed by atoms with E-state index in [9.17, 15) is 14.7 Å². The van der Waals surface area contributed by atoms with Crippen molar-refractivity contribution in [2.75, 3.05) is 11.9 Å². The van der Waals surface area contributed by atoms with E-state index >= 15 is 0 Å². The van der Waals surface area contributed by atoms with Gasteiger partial charge >= 0.3 is 12.0 Å². The summed E-state index contributed by atoms with van der Waals surface area (Å²) in [6, 6.07) is 5.54. The summed E-state index contributed by atoms with van der Waals surface area (Å²) in [6.07, 6.45) is -1.45. The van der Waals surface area contributed by atoms with Crippen LogP contribution in [0.2, 0.25) is 0 Å². The summed E-state index contributed by atoms with van der Waals surface area (Å²) in [5.74, 6) is -0.772. The van der Waals surface area contributed by atoms with Crippen LogP contribution in [-0.4, -0.2) is 23.7 Å². The Hall–Kier alpha value is -2.08. The van der Waals surface area contributed by atoms with Crippen LogP contribution in [0.5, 0.6) is 0 Å². The summed E-state index contributed by atoms with van der Waals surface area (Å²) in [7, 11) is 0. The molecule has 1 aromatic carbocycles. The molecule has 0 saturated heterocycles. The Morgan fingerprint density at radius 3 is 2.71 bits per heavy atom. The first-order valence-electron chi connectivity index (χ1n) is 5.06. The number of nitrogens with one attached hydrogen (secondary N) is 1. The number of carbonyl (C=O) groups is 2. The molecule has 0 fully saturated rings. The van der Waals surface area contributed by atoms with Crippen molar-refractivity contribution in [1.82, 2.24) is 0 Å². The van der Waals surface area contributed by atoms with Gasteiger partial charge in [0.1, 0.15) is 0 Å². The molecule has 1 atom stereocenters. The van der Waals surface area contributed by atoms with Crippen LogP contribution >= 0.6 is 0 Å². The zero-order valence-electron chi connectivity index (χ0n) is 9.34. The first-order chi connectivity index (χ1) is 8.06. The molecular formula is C11H14N2O4. The van der Waals surface area contributed by atoms with Gasteiger partial charge in [-0.05, 0) is 13.0 Å². The highest BCUT2D eigenvalue weighted by molar-refractivity contribution is 5.90. The van der Waals surface area contributed by atoms with Gasteiger partial charge in [0, 0.05) is 11.3 Å². The largest absolute Gasteiger partial charge is 0.464 e. The van der Waals surface area contributed by atoms with E-state index < -0.39 is 18.1 Å². The third kappa shape index (κ3) is 3.46. The summed E-state index contributed by atoms with van der Waals surface area (Å²) >= 11 is 0. The first kappa shape index (κ1) is 13.0. The molecule has 92 valence electrons. The molecule has 4 N–H and O–H groups in total. The summed E-state index contributed by atoms with van der Waals surface area (Å²) in [5, 5.41) is 12.1. The van der Waals surface area contributed by atoms with Crippen molar-refractivity contribution in [3.63, 3.8) is 0 Å². The topological polar surface area (TPSA) is 102 Å². The molecule has 0 aliphatic carbocycles. The number of anilines is 1. The Morgan fingerprint density at radius 2 is 2.12 bits per heavy atom. The van der Waals surface area contributed by atoms with Gasteiger partial charge in [0.15, 0.2) is 6.10 Å². The van der Waals surface area contributed by atoms with E-state index in [1.54, 1.807) is 19.1 Å². The number of hydrogen-bond acceptors (Lipinski definition) is 4.